The molecular formula is C32H31ClF2N6O5S. The Balaban J connectivity index is 1.85. The van der Waals surface area contributed by atoms with Gasteiger partial charge in [-0.15, -0.1) is 0 Å². The lowest BCUT2D eigenvalue weighted by Crippen LogP contribution is -2.57. The minimum atomic E-state index is -4.61. The predicted molar refractivity (Wildman–Crippen MR) is 173 cm³/mol. The molecule has 4 aromatic rings. The van der Waals surface area contributed by atoms with Crippen molar-refractivity contribution in [2.75, 3.05) is 30.3 Å². The highest BCUT2D eigenvalue weighted by atomic mass is 35.5. The lowest BCUT2D eigenvalue weighted by Gasteiger charge is -2.41. The third-order valence-corrected chi connectivity index (χ3v) is 10.7. The van der Waals surface area contributed by atoms with Crippen LogP contribution in [-0.2, 0) is 14.6 Å². The molecule has 2 aromatic carbocycles. The van der Waals surface area contributed by atoms with Gasteiger partial charge in [0.15, 0.2) is 15.7 Å². The van der Waals surface area contributed by atoms with Crippen molar-refractivity contribution in [3.63, 3.8) is 0 Å². The Morgan fingerprint density at radius 3 is 2.36 bits per heavy atom. The summed E-state index contributed by atoms with van der Waals surface area (Å²) in [5.41, 5.74) is -1.57. The number of phenols is 1. The molecule has 1 fully saturated rings. The lowest BCUT2D eigenvalue weighted by atomic mass is 9.98. The molecule has 1 atom stereocenters. The third-order valence-electron chi connectivity index (χ3n) is 8.55. The molecule has 2 aliphatic rings. The van der Waals surface area contributed by atoms with Crippen LogP contribution in [0.25, 0.3) is 27.7 Å². The highest BCUT2D eigenvalue weighted by molar-refractivity contribution is 7.91. The van der Waals surface area contributed by atoms with Crippen LogP contribution in [-0.4, -0.2) is 75.3 Å². The van der Waals surface area contributed by atoms with Gasteiger partial charge >= 0.3 is 5.69 Å². The molecule has 2 aromatic heterocycles. The van der Waals surface area contributed by atoms with Gasteiger partial charge < -0.3 is 14.9 Å². The van der Waals surface area contributed by atoms with Gasteiger partial charge in [-0.1, -0.05) is 51.9 Å². The number of carbonyl (C=O) groups excluding carboxylic acids is 1. The van der Waals surface area contributed by atoms with Gasteiger partial charge in [0.05, 0.1) is 50.4 Å². The number of halogens is 3. The van der Waals surface area contributed by atoms with Gasteiger partial charge in [-0.05, 0) is 30.0 Å². The summed E-state index contributed by atoms with van der Waals surface area (Å²) in [6, 6.07) is 2.35. The number of carbonyl (C=O) groups is 1. The van der Waals surface area contributed by atoms with Gasteiger partial charge in [-0.25, -0.2) is 32.0 Å². The molecule has 1 saturated heterocycles. The first kappa shape index (κ1) is 32.5. The number of aromatic hydroxyl groups is 1. The van der Waals surface area contributed by atoms with Crippen LogP contribution in [0.2, 0.25) is 5.02 Å². The first-order valence-electron chi connectivity index (χ1n) is 14.9. The second-order valence-electron chi connectivity index (χ2n) is 12.2. The molecule has 15 heteroatoms. The molecule has 246 valence electrons. The average Bonchev–Trinajstić information content (AvgIpc) is 3.10. The second-order valence-corrected chi connectivity index (χ2v) is 14.5. The Hall–Kier alpha value is -4.43. The van der Waals surface area contributed by atoms with E-state index in [1.165, 1.54) is 17.3 Å². The van der Waals surface area contributed by atoms with Crippen LogP contribution >= 0.6 is 11.6 Å². The number of anilines is 1. The van der Waals surface area contributed by atoms with E-state index < -0.39 is 71.7 Å². The number of phenolic OH excluding ortho intramolecular Hbond substituents is 1. The Morgan fingerprint density at radius 1 is 1.11 bits per heavy atom. The number of fused-ring (bicyclic) bond motifs is 2. The predicted octanol–water partition coefficient (Wildman–Crippen LogP) is 4.72. The maximum absolute atomic E-state index is 17.0. The van der Waals surface area contributed by atoms with E-state index in [-0.39, 0.29) is 53.9 Å². The first-order valence-corrected chi connectivity index (χ1v) is 16.9. The smallest absolute Gasteiger partial charge is 0.354 e. The van der Waals surface area contributed by atoms with Crippen molar-refractivity contribution in [3.05, 3.63) is 75.7 Å². The fourth-order valence-electron chi connectivity index (χ4n) is 6.48. The number of aromatic nitrogens is 4. The van der Waals surface area contributed by atoms with Crippen LogP contribution in [0.3, 0.4) is 0 Å². The van der Waals surface area contributed by atoms with E-state index >= 15 is 8.78 Å². The topological polar surface area (TPSA) is 139 Å². The number of nitrogens with zero attached hydrogens (tertiary/aromatic N) is 6. The summed E-state index contributed by atoms with van der Waals surface area (Å²) in [7, 11) is -4.61. The number of piperazine rings is 1. The van der Waals surface area contributed by atoms with Crippen molar-refractivity contribution < 1.29 is 27.1 Å². The van der Waals surface area contributed by atoms with Gasteiger partial charge in [-0.3, -0.25) is 9.36 Å². The van der Waals surface area contributed by atoms with E-state index in [1.807, 2.05) is 27.7 Å². The summed E-state index contributed by atoms with van der Waals surface area (Å²) in [5, 5.41) is 9.95. The molecule has 4 heterocycles. The van der Waals surface area contributed by atoms with Crippen LogP contribution in [0.15, 0.2) is 46.9 Å². The van der Waals surface area contributed by atoms with Crippen LogP contribution in [0.5, 0.6) is 5.75 Å². The Kier molecular flexibility index (Phi) is 8.07. The number of rotatable bonds is 5. The summed E-state index contributed by atoms with van der Waals surface area (Å²) in [4.78, 5) is 42.2. The van der Waals surface area contributed by atoms with Crippen molar-refractivity contribution in [2.45, 2.75) is 50.5 Å². The summed E-state index contributed by atoms with van der Waals surface area (Å²) < 4.78 is 62.2. The van der Waals surface area contributed by atoms with Crippen molar-refractivity contribution in [3.8, 4) is 22.6 Å². The fraction of sp³-hybridized carbons (Fsp3) is 0.344. The minimum absolute atomic E-state index is 0.0583. The fourth-order valence-corrected chi connectivity index (χ4v) is 8.66. The van der Waals surface area contributed by atoms with Crippen LogP contribution in [0.4, 0.5) is 14.6 Å². The molecule has 0 spiro atoms. The van der Waals surface area contributed by atoms with E-state index in [2.05, 4.69) is 21.5 Å². The molecule has 0 bridgehead atoms. The van der Waals surface area contributed by atoms with E-state index in [0.29, 0.717) is 11.4 Å². The van der Waals surface area contributed by atoms with Gasteiger partial charge in [0.1, 0.15) is 28.6 Å². The number of hydrogen-bond acceptors (Lipinski definition) is 9. The molecule has 1 unspecified atom stereocenters. The summed E-state index contributed by atoms with van der Waals surface area (Å²) in [5.74, 6) is -4.97. The number of sulfone groups is 1. The molecule has 1 amide bonds. The molecule has 11 nitrogen and oxygen atoms in total. The van der Waals surface area contributed by atoms with Gasteiger partial charge in [-0.2, -0.15) is 4.98 Å². The van der Waals surface area contributed by atoms with Gasteiger partial charge in [0, 0.05) is 25.2 Å². The molecular weight excluding hydrogens is 654 g/mol. The molecule has 0 aliphatic carbocycles. The Labute approximate surface area is 274 Å². The van der Waals surface area contributed by atoms with Gasteiger partial charge in [0.25, 0.3) is 0 Å². The summed E-state index contributed by atoms with van der Waals surface area (Å²) >= 11 is 7.02. The number of benzene rings is 2. The molecule has 47 heavy (non-hydrogen) atoms. The van der Waals surface area contributed by atoms with Crippen LogP contribution in [0, 0.1) is 11.6 Å². The lowest BCUT2D eigenvalue weighted by molar-refractivity contribution is -0.126. The van der Waals surface area contributed by atoms with Crippen molar-refractivity contribution in [1.82, 2.24) is 24.4 Å². The van der Waals surface area contributed by atoms with E-state index in [0.717, 1.165) is 22.8 Å². The largest absolute Gasteiger partial charge is 0.507 e. The maximum Gasteiger partial charge on any atom is 0.354 e. The SMILES string of the molecule is C=CC(=O)N1CCN2c3nc(=O)n(-c4c(C(C)C)ncnc4C(C)C)c4c(Cl)c(-c5c(O)cccc5F)c(F)c(c34)S(=O)(=O)CC2C1. The molecule has 0 saturated carbocycles. The monoisotopic (exact) mass is 684 g/mol. The van der Waals surface area contributed by atoms with Crippen molar-refractivity contribution >= 4 is 44.1 Å². The van der Waals surface area contributed by atoms with Crippen molar-refractivity contribution in [1.29, 1.82) is 0 Å². The maximum atomic E-state index is 17.0. The highest BCUT2D eigenvalue weighted by Gasteiger charge is 2.43. The van der Waals surface area contributed by atoms with Gasteiger partial charge in [0.2, 0.25) is 5.91 Å². The Morgan fingerprint density at radius 2 is 1.77 bits per heavy atom. The van der Waals surface area contributed by atoms with E-state index in [4.69, 9.17) is 11.6 Å². The molecule has 6 rings (SSSR count). The summed E-state index contributed by atoms with van der Waals surface area (Å²) in [6.45, 7) is 11.0. The second kappa shape index (κ2) is 11.7. The normalized spacial score (nSPS) is 17.3. The zero-order valence-electron chi connectivity index (χ0n) is 26.0. The summed E-state index contributed by atoms with van der Waals surface area (Å²) in [6.07, 6.45) is 2.46. The first-order chi connectivity index (χ1) is 22.2. The van der Waals surface area contributed by atoms with E-state index in [9.17, 15) is 23.1 Å². The molecule has 0 radical (unpaired) electrons. The van der Waals surface area contributed by atoms with E-state index in [1.54, 1.807) is 4.90 Å². The number of hydrogen-bond donors (Lipinski definition) is 1. The zero-order chi connectivity index (χ0) is 34.1. The zero-order valence-corrected chi connectivity index (χ0v) is 27.5. The standard InChI is InChI=1S/C32H31ClF2N6O5S/c1-6-20(43)39-10-11-40-17(12-39)13-47(45,46)30-23-28(24(33)22(25(30)35)21-18(34)8-7-9-19(21)42)41(32(44)38-31(23)40)29-26(15(2)3)36-14-37-27(29)16(4)5/h6-9,14-17,42H,1,10-13H2,2-5H3. The number of amides is 1. The molecule has 2 aliphatic heterocycles. The quantitative estimate of drug-likeness (QED) is 0.296. The average molecular weight is 685 g/mol. The van der Waals surface area contributed by atoms with Crippen LogP contribution in [0.1, 0.15) is 50.9 Å². The Bertz CT molecular complexity index is 2130. The highest BCUT2D eigenvalue weighted by Crippen LogP contribution is 2.49. The molecule has 1 N–H and O–H groups in total. The van der Waals surface area contributed by atoms with Crippen molar-refractivity contribution in [2.24, 2.45) is 0 Å². The minimum Gasteiger partial charge on any atom is -0.507 e. The van der Waals surface area contributed by atoms with Crippen LogP contribution < -0.4 is 10.6 Å². The third kappa shape index (κ3) is 5.05.